The van der Waals surface area contributed by atoms with Crippen LogP contribution >= 0.6 is 0 Å². The first-order chi connectivity index (χ1) is 13.2. The lowest BCUT2D eigenvalue weighted by molar-refractivity contribution is 0.198. The van der Waals surface area contributed by atoms with Crippen molar-refractivity contribution in [2.24, 2.45) is 0 Å². The highest BCUT2D eigenvalue weighted by Gasteiger charge is 2.25. The van der Waals surface area contributed by atoms with Gasteiger partial charge in [-0.2, -0.15) is 4.98 Å². The monoisotopic (exact) mass is 362 g/mol. The molecule has 1 atom stereocenters. The van der Waals surface area contributed by atoms with Crippen molar-refractivity contribution in [3.63, 3.8) is 0 Å². The van der Waals surface area contributed by atoms with E-state index in [9.17, 15) is 0 Å². The third-order valence-electron chi connectivity index (χ3n) is 5.44. The van der Waals surface area contributed by atoms with E-state index in [2.05, 4.69) is 69.3 Å². The van der Waals surface area contributed by atoms with Gasteiger partial charge in [0.05, 0.1) is 7.11 Å². The third-order valence-corrected chi connectivity index (χ3v) is 5.44. The fraction of sp³-hybridized carbons (Fsp3) is 0.364. The van der Waals surface area contributed by atoms with Crippen molar-refractivity contribution in [3.8, 4) is 5.88 Å². The normalized spacial score (nSPS) is 17.8. The van der Waals surface area contributed by atoms with Crippen LogP contribution in [0.4, 0.5) is 5.95 Å². The maximum atomic E-state index is 5.25. The van der Waals surface area contributed by atoms with Crippen molar-refractivity contribution >= 4 is 16.7 Å². The number of hydrogen-bond acceptors (Lipinski definition) is 5. The molecule has 3 aromatic rings. The van der Waals surface area contributed by atoms with E-state index in [1.54, 1.807) is 19.4 Å². The molecule has 5 heteroatoms. The van der Waals surface area contributed by atoms with E-state index in [0.29, 0.717) is 11.9 Å². The van der Waals surface area contributed by atoms with Crippen LogP contribution < -0.4 is 9.64 Å². The Morgan fingerprint density at radius 3 is 2.89 bits per heavy atom. The highest BCUT2D eigenvalue weighted by molar-refractivity contribution is 5.85. The van der Waals surface area contributed by atoms with Gasteiger partial charge in [0.2, 0.25) is 11.8 Å². The SMILES string of the molecule is COc1ccnc(N(C)C2CCCN(Cc3cccc4ccccc34)C2)n1. The Kier molecular flexibility index (Phi) is 5.21. The molecule has 1 unspecified atom stereocenters. The van der Waals surface area contributed by atoms with Crippen molar-refractivity contribution in [2.75, 3.05) is 32.1 Å². The Bertz CT molecular complexity index is 908. The average molecular weight is 362 g/mol. The van der Waals surface area contributed by atoms with Crippen LogP contribution in [0.3, 0.4) is 0 Å². The Morgan fingerprint density at radius 1 is 1.15 bits per heavy atom. The molecule has 1 aromatic heterocycles. The molecular formula is C22H26N4O. The van der Waals surface area contributed by atoms with Crippen LogP contribution in [0.25, 0.3) is 10.8 Å². The lowest BCUT2D eigenvalue weighted by atomic mass is 10.0. The number of aromatic nitrogens is 2. The molecule has 0 aliphatic carbocycles. The number of piperidine rings is 1. The molecule has 140 valence electrons. The minimum atomic E-state index is 0.404. The second kappa shape index (κ2) is 7.92. The standard InChI is InChI=1S/C22H26N4O/c1-25(22-23-13-12-21(24-22)27-2)19-10-6-14-26(16-19)15-18-9-5-8-17-7-3-4-11-20(17)18/h3-5,7-9,11-13,19H,6,10,14-16H2,1-2H3. The number of likely N-dealkylation sites (N-methyl/N-ethyl adjacent to an activating group) is 1. The summed E-state index contributed by atoms with van der Waals surface area (Å²) in [5.74, 6) is 1.33. The zero-order valence-corrected chi connectivity index (χ0v) is 16.0. The van der Waals surface area contributed by atoms with Gasteiger partial charge in [-0.3, -0.25) is 4.90 Å². The Morgan fingerprint density at radius 2 is 2.00 bits per heavy atom. The Labute approximate surface area is 160 Å². The van der Waals surface area contributed by atoms with Gasteiger partial charge in [-0.15, -0.1) is 0 Å². The lowest BCUT2D eigenvalue weighted by Crippen LogP contribution is -2.46. The van der Waals surface area contributed by atoms with E-state index in [-0.39, 0.29) is 0 Å². The van der Waals surface area contributed by atoms with Gasteiger partial charge in [0.25, 0.3) is 0 Å². The number of hydrogen-bond donors (Lipinski definition) is 0. The maximum Gasteiger partial charge on any atom is 0.228 e. The van der Waals surface area contributed by atoms with Gasteiger partial charge in [0, 0.05) is 38.4 Å². The third kappa shape index (κ3) is 3.88. The summed E-state index contributed by atoms with van der Waals surface area (Å²) >= 11 is 0. The summed E-state index contributed by atoms with van der Waals surface area (Å²) in [7, 11) is 3.72. The highest BCUT2D eigenvalue weighted by Crippen LogP contribution is 2.24. The molecule has 2 aromatic carbocycles. The number of benzene rings is 2. The summed E-state index contributed by atoms with van der Waals surface area (Å²) < 4.78 is 5.25. The molecule has 0 bridgehead atoms. The Hall–Kier alpha value is -2.66. The molecule has 1 aliphatic rings. The number of nitrogens with zero attached hydrogens (tertiary/aromatic N) is 4. The topological polar surface area (TPSA) is 41.5 Å². The summed E-state index contributed by atoms with van der Waals surface area (Å²) in [5.41, 5.74) is 1.40. The van der Waals surface area contributed by atoms with Crippen molar-refractivity contribution in [1.82, 2.24) is 14.9 Å². The van der Waals surface area contributed by atoms with Gasteiger partial charge in [-0.25, -0.2) is 4.98 Å². The number of fused-ring (bicyclic) bond motifs is 1. The van der Waals surface area contributed by atoms with Crippen molar-refractivity contribution in [2.45, 2.75) is 25.4 Å². The van der Waals surface area contributed by atoms with Crippen LogP contribution in [0.2, 0.25) is 0 Å². The molecule has 0 radical (unpaired) electrons. The summed E-state index contributed by atoms with van der Waals surface area (Å²) in [6, 6.07) is 17.4. The summed E-state index contributed by atoms with van der Waals surface area (Å²) in [6.07, 6.45) is 4.10. The molecule has 0 spiro atoms. The summed E-state index contributed by atoms with van der Waals surface area (Å²) in [5, 5.41) is 2.66. The predicted octanol–water partition coefficient (Wildman–Crippen LogP) is 3.74. The number of ether oxygens (including phenoxy) is 1. The van der Waals surface area contributed by atoms with Crippen LogP contribution in [0.5, 0.6) is 5.88 Å². The van der Waals surface area contributed by atoms with Gasteiger partial charge >= 0.3 is 0 Å². The van der Waals surface area contributed by atoms with E-state index >= 15 is 0 Å². The van der Waals surface area contributed by atoms with Crippen molar-refractivity contribution < 1.29 is 4.74 Å². The molecular weight excluding hydrogens is 336 g/mol. The first-order valence-electron chi connectivity index (χ1n) is 9.53. The van der Waals surface area contributed by atoms with Crippen molar-refractivity contribution in [1.29, 1.82) is 0 Å². The van der Waals surface area contributed by atoms with Gasteiger partial charge in [0.15, 0.2) is 0 Å². The van der Waals surface area contributed by atoms with Gasteiger partial charge in [0.1, 0.15) is 0 Å². The Balaban J connectivity index is 1.49. The molecule has 0 amide bonds. The van der Waals surface area contributed by atoms with E-state index in [4.69, 9.17) is 4.74 Å². The molecule has 2 heterocycles. The molecule has 1 fully saturated rings. The van der Waals surface area contributed by atoms with Crippen LogP contribution in [-0.4, -0.2) is 48.2 Å². The second-order valence-electron chi connectivity index (χ2n) is 7.18. The maximum absolute atomic E-state index is 5.25. The fourth-order valence-corrected chi connectivity index (χ4v) is 3.94. The lowest BCUT2D eigenvalue weighted by Gasteiger charge is -2.37. The molecule has 0 N–H and O–H groups in total. The van der Waals surface area contributed by atoms with Gasteiger partial charge < -0.3 is 9.64 Å². The van der Waals surface area contributed by atoms with Gasteiger partial charge in [-0.05, 0) is 35.7 Å². The largest absolute Gasteiger partial charge is 0.481 e. The van der Waals surface area contributed by atoms with E-state index in [1.807, 2.05) is 0 Å². The van der Waals surface area contributed by atoms with Crippen molar-refractivity contribution in [3.05, 3.63) is 60.3 Å². The molecule has 0 saturated carbocycles. The van der Waals surface area contributed by atoms with Crippen LogP contribution in [0.15, 0.2) is 54.7 Å². The average Bonchev–Trinajstić information content (AvgIpc) is 2.74. The van der Waals surface area contributed by atoms with Gasteiger partial charge in [-0.1, -0.05) is 42.5 Å². The van der Waals surface area contributed by atoms with E-state index in [1.165, 1.54) is 22.8 Å². The number of likely N-dealkylation sites (tertiary alicyclic amines) is 1. The van der Waals surface area contributed by atoms with E-state index < -0.39 is 0 Å². The second-order valence-corrected chi connectivity index (χ2v) is 7.18. The first kappa shape index (κ1) is 17.7. The van der Waals surface area contributed by atoms with Crippen LogP contribution in [-0.2, 0) is 6.54 Å². The summed E-state index contributed by atoms with van der Waals surface area (Å²) in [4.78, 5) is 13.7. The quantitative estimate of drug-likeness (QED) is 0.692. The number of anilines is 1. The van der Waals surface area contributed by atoms with Crippen LogP contribution in [0, 0.1) is 0 Å². The number of rotatable bonds is 5. The van der Waals surface area contributed by atoms with Crippen LogP contribution in [0.1, 0.15) is 18.4 Å². The minimum Gasteiger partial charge on any atom is -0.481 e. The molecule has 5 nitrogen and oxygen atoms in total. The smallest absolute Gasteiger partial charge is 0.228 e. The molecule has 4 rings (SSSR count). The predicted molar refractivity (Wildman–Crippen MR) is 109 cm³/mol. The molecule has 1 aliphatic heterocycles. The zero-order valence-electron chi connectivity index (χ0n) is 16.0. The number of methoxy groups -OCH3 is 1. The molecule has 1 saturated heterocycles. The zero-order chi connectivity index (χ0) is 18.6. The minimum absolute atomic E-state index is 0.404. The molecule has 27 heavy (non-hydrogen) atoms. The first-order valence-corrected chi connectivity index (χ1v) is 9.53. The van der Waals surface area contributed by atoms with E-state index in [0.717, 1.165) is 32.0 Å². The fourth-order valence-electron chi connectivity index (χ4n) is 3.94. The summed E-state index contributed by atoms with van der Waals surface area (Å²) in [6.45, 7) is 3.12. The highest BCUT2D eigenvalue weighted by atomic mass is 16.5.